The van der Waals surface area contributed by atoms with Gasteiger partial charge < -0.3 is 10.1 Å². The van der Waals surface area contributed by atoms with Gasteiger partial charge in [-0.1, -0.05) is 29.3 Å². The van der Waals surface area contributed by atoms with Crippen LogP contribution in [0.15, 0.2) is 76.5 Å². The first-order valence-electron chi connectivity index (χ1n) is 10.8. The van der Waals surface area contributed by atoms with Gasteiger partial charge in [-0.25, -0.2) is 21.6 Å². The number of sulfonamides is 2. The number of hydrogen-bond donors (Lipinski definition) is 3. The van der Waals surface area contributed by atoms with E-state index in [0.717, 1.165) is 5.56 Å². The van der Waals surface area contributed by atoms with Gasteiger partial charge in [0.1, 0.15) is 5.75 Å². The summed E-state index contributed by atoms with van der Waals surface area (Å²) in [4.78, 5) is 12.3. The summed E-state index contributed by atoms with van der Waals surface area (Å²) < 4.78 is 60.2. The monoisotopic (exact) mass is 551 g/mol. The van der Waals surface area contributed by atoms with Crippen molar-refractivity contribution < 1.29 is 26.4 Å². The van der Waals surface area contributed by atoms with Crippen molar-refractivity contribution in [3.05, 3.63) is 82.9 Å². The van der Waals surface area contributed by atoms with E-state index in [0.29, 0.717) is 22.0 Å². The number of amides is 1. The van der Waals surface area contributed by atoms with E-state index in [1.54, 1.807) is 43.3 Å². The molecule has 0 saturated heterocycles. The molecular formula is C24H26ClN3O6S2. The standard InChI is InChI=1S/C24H26ClN3O6S2/c1-17-3-9-21(10-4-17)35(30,31)27-14-13-26-24(29)16-34-23-12-11-22(15-18(23)2)36(32,33)28-20-7-5-19(25)6-8-20/h3-12,15,27-28H,13-14,16H2,1-2H3,(H,26,29). The lowest BCUT2D eigenvalue weighted by Gasteiger charge is -2.13. The molecule has 0 fully saturated rings. The van der Waals surface area contributed by atoms with E-state index >= 15 is 0 Å². The number of rotatable bonds is 11. The minimum absolute atomic E-state index is 0.00809. The Labute approximate surface area is 215 Å². The highest BCUT2D eigenvalue weighted by atomic mass is 35.5. The molecule has 3 N–H and O–H groups in total. The van der Waals surface area contributed by atoms with Gasteiger partial charge in [0.15, 0.2) is 6.61 Å². The largest absolute Gasteiger partial charge is 0.484 e. The minimum atomic E-state index is -3.83. The number of nitrogens with one attached hydrogen (secondary N) is 3. The van der Waals surface area contributed by atoms with Crippen LogP contribution in [0.5, 0.6) is 5.75 Å². The molecule has 0 aliphatic carbocycles. The van der Waals surface area contributed by atoms with E-state index in [4.69, 9.17) is 16.3 Å². The third-order valence-corrected chi connectivity index (χ3v) is 8.09. The number of benzene rings is 3. The molecule has 0 aliphatic heterocycles. The van der Waals surface area contributed by atoms with E-state index < -0.39 is 26.0 Å². The maximum absolute atomic E-state index is 12.6. The number of anilines is 1. The van der Waals surface area contributed by atoms with Crippen molar-refractivity contribution >= 4 is 43.2 Å². The Morgan fingerprint density at radius 3 is 2.11 bits per heavy atom. The Morgan fingerprint density at radius 2 is 1.47 bits per heavy atom. The summed E-state index contributed by atoms with van der Waals surface area (Å²) in [6, 6.07) is 17.0. The minimum Gasteiger partial charge on any atom is -0.484 e. The first kappa shape index (κ1) is 27.5. The number of carbonyl (C=O) groups is 1. The fraction of sp³-hybridized carbons (Fsp3) is 0.208. The third kappa shape index (κ3) is 7.69. The van der Waals surface area contributed by atoms with Crippen LogP contribution >= 0.6 is 11.6 Å². The molecule has 0 atom stereocenters. The SMILES string of the molecule is Cc1ccc(S(=O)(=O)NCCNC(=O)COc2ccc(S(=O)(=O)Nc3ccc(Cl)cc3)cc2C)cc1. The number of aryl methyl sites for hydroxylation is 2. The number of ether oxygens (including phenoxy) is 1. The summed E-state index contributed by atoms with van der Waals surface area (Å²) in [6.07, 6.45) is 0. The van der Waals surface area contributed by atoms with Gasteiger partial charge >= 0.3 is 0 Å². The van der Waals surface area contributed by atoms with E-state index in [-0.39, 0.29) is 29.5 Å². The van der Waals surface area contributed by atoms with Crippen LogP contribution in [0.4, 0.5) is 5.69 Å². The number of carbonyl (C=O) groups excluding carboxylic acids is 1. The summed E-state index contributed by atoms with van der Waals surface area (Å²) in [5, 5.41) is 3.06. The lowest BCUT2D eigenvalue weighted by molar-refractivity contribution is -0.123. The second kappa shape index (κ2) is 11.7. The van der Waals surface area contributed by atoms with E-state index in [1.165, 1.54) is 30.3 Å². The molecule has 0 heterocycles. The van der Waals surface area contributed by atoms with E-state index in [1.807, 2.05) is 6.92 Å². The zero-order valence-corrected chi connectivity index (χ0v) is 22.0. The van der Waals surface area contributed by atoms with Crippen molar-refractivity contribution in [2.24, 2.45) is 0 Å². The average Bonchev–Trinajstić information content (AvgIpc) is 2.82. The first-order chi connectivity index (χ1) is 17.0. The molecule has 3 aromatic carbocycles. The van der Waals surface area contributed by atoms with Gasteiger partial charge in [-0.15, -0.1) is 0 Å². The van der Waals surface area contributed by atoms with Crippen molar-refractivity contribution in [2.75, 3.05) is 24.4 Å². The van der Waals surface area contributed by atoms with Crippen LogP contribution in [0.3, 0.4) is 0 Å². The molecule has 0 spiro atoms. The maximum atomic E-state index is 12.6. The van der Waals surface area contributed by atoms with Crippen molar-refractivity contribution in [3.8, 4) is 5.75 Å². The predicted molar refractivity (Wildman–Crippen MR) is 138 cm³/mol. The zero-order valence-electron chi connectivity index (χ0n) is 19.6. The molecule has 3 rings (SSSR count). The van der Waals surface area contributed by atoms with Crippen LogP contribution in [0.1, 0.15) is 11.1 Å². The van der Waals surface area contributed by atoms with Crippen LogP contribution in [0, 0.1) is 13.8 Å². The van der Waals surface area contributed by atoms with Gasteiger partial charge in [0.25, 0.3) is 15.9 Å². The number of halogens is 1. The lowest BCUT2D eigenvalue weighted by Crippen LogP contribution is -2.36. The van der Waals surface area contributed by atoms with Gasteiger partial charge in [0, 0.05) is 23.8 Å². The molecule has 192 valence electrons. The van der Waals surface area contributed by atoms with Crippen LogP contribution < -0.4 is 19.5 Å². The molecule has 9 nitrogen and oxygen atoms in total. The van der Waals surface area contributed by atoms with Crippen molar-refractivity contribution in [1.82, 2.24) is 10.0 Å². The van der Waals surface area contributed by atoms with Crippen LogP contribution in [-0.2, 0) is 24.8 Å². The van der Waals surface area contributed by atoms with Crippen molar-refractivity contribution in [1.29, 1.82) is 0 Å². The molecule has 1 amide bonds. The van der Waals surface area contributed by atoms with Crippen LogP contribution in [0.25, 0.3) is 0 Å². The van der Waals surface area contributed by atoms with Gasteiger partial charge in [0.2, 0.25) is 10.0 Å². The fourth-order valence-corrected chi connectivity index (χ4v) is 5.37. The summed E-state index contributed by atoms with van der Waals surface area (Å²) in [7, 11) is -7.50. The molecule has 0 bridgehead atoms. The zero-order chi connectivity index (χ0) is 26.3. The Bertz CT molecular complexity index is 1430. The second-order valence-electron chi connectivity index (χ2n) is 7.89. The Balaban J connectivity index is 1.47. The average molecular weight is 552 g/mol. The van der Waals surface area contributed by atoms with Gasteiger partial charge in [-0.05, 0) is 74.0 Å². The summed E-state index contributed by atoms with van der Waals surface area (Å²) in [5.41, 5.74) is 1.84. The normalized spacial score (nSPS) is 11.6. The van der Waals surface area contributed by atoms with Crippen molar-refractivity contribution in [3.63, 3.8) is 0 Å². The third-order valence-electron chi connectivity index (χ3n) is 4.98. The van der Waals surface area contributed by atoms with E-state index in [9.17, 15) is 21.6 Å². The highest BCUT2D eigenvalue weighted by molar-refractivity contribution is 7.92. The van der Waals surface area contributed by atoms with Gasteiger partial charge in [0.05, 0.1) is 9.79 Å². The Hall–Kier alpha value is -3.12. The number of hydrogen-bond acceptors (Lipinski definition) is 6. The van der Waals surface area contributed by atoms with Crippen molar-refractivity contribution in [2.45, 2.75) is 23.6 Å². The van der Waals surface area contributed by atoms with Crippen LogP contribution in [-0.4, -0.2) is 42.4 Å². The molecule has 36 heavy (non-hydrogen) atoms. The van der Waals surface area contributed by atoms with E-state index in [2.05, 4.69) is 14.8 Å². The Morgan fingerprint density at radius 1 is 0.833 bits per heavy atom. The lowest BCUT2D eigenvalue weighted by atomic mass is 10.2. The topological polar surface area (TPSA) is 131 Å². The smallest absolute Gasteiger partial charge is 0.261 e. The summed E-state index contributed by atoms with van der Waals surface area (Å²) in [6.45, 7) is 3.28. The fourth-order valence-electron chi connectivity index (χ4n) is 3.07. The van der Waals surface area contributed by atoms with Crippen LogP contribution in [0.2, 0.25) is 5.02 Å². The quantitative estimate of drug-likeness (QED) is 0.314. The summed E-state index contributed by atoms with van der Waals surface area (Å²) >= 11 is 5.82. The molecular weight excluding hydrogens is 526 g/mol. The first-order valence-corrected chi connectivity index (χ1v) is 14.2. The Kier molecular flexibility index (Phi) is 8.96. The molecule has 0 unspecified atom stereocenters. The summed E-state index contributed by atoms with van der Waals surface area (Å²) in [5.74, 6) is -0.110. The highest BCUT2D eigenvalue weighted by Crippen LogP contribution is 2.24. The second-order valence-corrected chi connectivity index (χ2v) is 11.8. The maximum Gasteiger partial charge on any atom is 0.261 e. The molecule has 0 aromatic heterocycles. The molecule has 0 aliphatic rings. The molecule has 12 heteroatoms. The molecule has 0 saturated carbocycles. The molecule has 0 radical (unpaired) electrons. The highest BCUT2D eigenvalue weighted by Gasteiger charge is 2.17. The van der Waals surface area contributed by atoms with Gasteiger partial charge in [-0.3, -0.25) is 9.52 Å². The van der Waals surface area contributed by atoms with Gasteiger partial charge in [-0.2, -0.15) is 0 Å². The molecule has 3 aromatic rings. The predicted octanol–water partition coefficient (Wildman–Crippen LogP) is 3.23.